The number of hydrogen-bond donors (Lipinski definition) is 2. The molecule has 0 radical (unpaired) electrons. The van der Waals surface area contributed by atoms with E-state index in [9.17, 15) is 4.79 Å². The molecule has 0 aliphatic carbocycles. The van der Waals surface area contributed by atoms with Crippen molar-refractivity contribution in [2.24, 2.45) is 0 Å². The highest BCUT2D eigenvalue weighted by Crippen LogP contribution is 2.14. The fourth-order valence-corrected chi connectivity index (χ4v) is 1.65. The molecule has 7 nitrogen and oxygen atoms in total. The molecule has 0 unspecified atom stereocenters. The Hall–Kier alpha value is -2.28. The highest BCUT2D eigenvalue weighted by atomic mass is 16.2. The Morgan fingerprint density at radius 1 is 1.37 bits per heavy atom. The number of tetrazole rings is 1. The number of rotatable bonds is 6. The molecule has 7 heteroatoms. The first kappa shape index (κ1) is 13.2. The van der Waals surface area contributed by atoms with Gasteiger partial charge < -0.3 is 10.6 Å². The molecule has 1 amide bonds. The predicted octanol–water partition coefficient (Wildman–Crippen LogP) is 0.421. The second-order valence-corrected chi connectivity index (χ2v) is 3.99. The largest absolute Gasteiger partial charge is 0.324 e. The van der Waals surface area contributed by atoms with Crippen LogP contribution in [-0.4, -0.2) is 32.7 Å². The van der Waals surface area contributed by atoms with Gasteiger partial charge in [0, 0.05) is 12.2 Å². The predicted molar refractivity (Wildman–Crippen MR) is 70.3 cm³/mol. The fourth-order valence-electron chi connectivity index (χ4n) is 1.65. The molecule has 1 aromatic heterocycles. The van der Waals surface area contributed by atoms with Gasteiger partial charge in [0.2, 0.25) is 5.91 Å². The van der Waals surface area contributed by atoms with Crippen LogP contribution in [0.3, 0.4) is 0 Å². The van der Waals surface area contributed by atoms with Crippen LogP contribution in [0, 0.1) is 0 Å². The smallest absolute Gasteiger partial charge is 0.246 e. The number of aromatic nitrogens is 4. The Morgan fingerprint density at radius 2 is 2.21 bits per heavy atom. The first-order chi connectivity index (χ1) is 9.29. The molecule has 0 saturated carbocycles. The van der Waals surface area contributed by atoms with Crippen LogP contribution in [-0.2, 0) is 17.9 Å². The van der Waals surface area contributed by atoms with Crippen LogP contribution in [0.5, 0.6) is 0 Å². The van der Waals surface area contributed by atoms with Gasteiger partial charge in [0.05, 0.1) is 0 Å². The summed E-state index contributed by atoms with van der Waals surface area (Å²) in [7, 11) is 0. The van der Waals surface area contributed by atoms with Crippen molar-refractivity contribution < 1.29 is 4.79 Å². The maximum atomic E-state index is 11.9. The molecule has 2 rings (SSSR count). The number of carbonyl (C=O) groups is 1. The Labute approximate surface area is 111 Å². The molecule has 2 aromatic rings. The van der Waals surface area contributed by atoms with Crippen molar-refractivity contribution >= 4 is 11.6 Å². The van der Waals surface area contributed by atoms with E-state index in [1.165, 1.54) is 11.0 Å². The van der Waals surface area contributed by atoms with Crippen LogP contribution in [0.25, 0.3) is 0 Å². The third kappa shape index (κ3) is 3.85. The molecule has 1 heterocycles. The summed E-state index contributed by atoms with van der Waals surface area (Å²) in [4.78, 5) is 11.9. The molecule has 0 aliphatic heterocycles. The van der Waals surface area contributed by atoms with E-state index < -0.39 is 0 Å². The first-order valence-electron chi connectivity index (χ1n) is 6.09. The molecular formula is C12H16N6O. The Morgan fingerprint density at radius 3 is 2.95 bits per heavy atom. The lowest BCUT2D eigenvalue weighted by Gasteiger charge is -2.11. The van der Waals surface area contributed by atoms with Gasteiger partial charge in [-0.15, -0.1) is 5.10 Å². The zero-order valence-electron chi connectivity index (χ0n) is 10.7. The van der Waals surface area contributed by atoms with Crippen molar-refractivity contribution in [1.29, 1.82) is 0 Å². The molecule has 0 saturated heterocycles. The Balaban J connectivity index is 1.99. The summed E-state index contributed by atoms with van der Waals surface area (Å²) < 4.78 is 1.38. The third-order valence-electron chi connectivity index (χ3n) is 2.55. The highest BCUT2D eigenvalue weighted by Gasteiger charge is 2.07. The molecule has 0 atom stereocenters. The van der Waals surface area contributed by atoms with Crippen LogP contribution in [0.2, 0.25) is 0 Å². The zero-order chi connectivity index (χ0) is 13.5. The first-order valence-corrected chi connectivity index (χ1v) is 6.09. The maximum absolute atomic E-state index is 11.9. The summed E-state index contributed by atoms with van der Waals surface area (Å²) >= 11 is 0. The molecule has 1 aromatic carbocycles. The van der Waals surface area contributed by atoms with Crippen molar-refractivity contribution in [3.8, 4) is 0 Å². The average Bonchev–Trinajstić information content (AvgIpc) is 2.90. The summed E-state index contributed by atoms with van der Waals surface area (Å²) in [6.45, 7) is 3.74. The number of amides is 1. The normalized spacial score (nSPS) is 10.4. The molecule has 0 fully saturated rings. The highest BCUT2D eigenvalue weighted by molar-refractivity contribution is 5.91. The van der Waals surface area contributed by atoms with E-state index in [-0.39, 0.29) is 12.5 Å². The second-order valence-electron chi connectivity index (χ2n) is 3.99. The van der Waals surface area contributed by atoms with Crippen molar-refractivity contribution in [1.82, 2.24) is 25.5 Å². The van der Waals surface area contributed by atoms with Crippen LogP contribution in [0.1, 0.15) is 12.5 Å². The number of anilines is 1. The minimum Gasteiger partial charge on any atom is -0.324 e. The van der Waals surface area contributed by atoms with Gasteiger partial charge in [-0.2, -0.15) is 0 Å². The second kappa shape index (κ2) is 6.60. The van der Waals surface area contributed by atoms with E-state index in [2.05, 4.69) is 26.2 Å². The number of benzene rings is 1. The van der Waals surface area contributed by atoms with Crippen molar-refractivity contribution in [3.63, 3.8) is 0 Å². The Bertz CT molecular complexity index is 525. The summed E-state index contributed by atoms with van der Waals surface area (Å²) in [6, 6.07) is 7.70. The molecule has 100 valence electrons. The van der Waals surface area contributed by atoms with E-state index in [1.807, 2.05) is 31.2 Å². The lowest BCUT2D eigenvalue weighted by atomic mass is 10.1. The third-order valence-corrected chi connectivity index (χ3v) is 2.55. The van der Waals surface area contributed by atoms with Crippen LogP contribution >= 0.6 is 0 Å². The minimum absolute atomic E-state index is 0.0997. The van der Waals surface area contributed by atoms with Gasteiger partial charge in [0.15, 0.2) is 0 Å². The van der Waals surface area contributed by atoms with E-state index in [4.69, 9.17) is 0 Å². The fraction of sp³-hybridized carbons (Fsp3) is 0.333. The lowest BCUT2D eigenvalue weighted by molar-refractivity contribution is -0.116. The van der Waals surface area contributed by atoms with Crippen molar-refractivity contribution in [3.05, 3.63) is 36.2 Å². The number of hydrogen-bond acceptors (Lipinski definition) is 5. The minimum atomic E-state index is -0.156. The summed E-state index contributed by atoms with van der Waals surface area (Å²) in [5.74, 6) is -0.156. The maximum Gasteiger partial charge on any atom is 0.246 e. The summed E-state index contributed by atoms with van der Waals surface area (Å²) in [5, 5.41) is 16.7. The van der Waals surface area contributed by atoms with Crippen LogP contribution in [0.15, 0.2) is 30.6 Å². The number of nitrogens with zero attached hydrogens (tertiary/aromatic N) is 4. The van der Waals surface area contributed by atoms with Crippen molar-refractivity contribution in [2.45, 2.75) is 20.0 Å². The van der Waals surface area contributed by atoms with Gasteiger partial charge in [0.1, 0.15) is 12.9 Å². The number of para-hydroxylation sites is 1. The number of carbonyl (C=O) groups excluding carboxylic acids is 1. The molecule has 19 heavy (non-hydrogen) atoms. The van der Waals surface area contributed by atoms with E-state index in [0.717, 1.165) is 24.3 Å². The summed E-state index contributed by atoms with van der Waals surface area (Å²) in [5.41, 5.74) is 1.86. The Kier molecular flexibility index (Phi) is 4.57. The summed E-state index contributed by atoms with van der Waals surface area (Å²) in [6.07, 6.45) is 1.41. The van der Waals surface area contributed by atoms with Gasteiger partial charge in [-0.05, 0) is 28.6 Å². The monoisotopic (exact) mass is 260 g/mol. The van der Waals surface area contributed by atoms with Gasteiger partial charge in [0.25, 0.3) is 0 Å². The zero-order valence-corrected chi connectivity index (χ0v) is 10.7. The molecule has 2 N–H and O–H groups in total. The topological polar surface area (TPSA) is 84.7 Å². The van der Waals surface area contributed by atoms with E-state index in [1.54, 1.807) is 0 Å². The van der Waals surface area contributed by atoms with Crippen LogP contribution < -0.4 is 10.6 Å². The molecule has 0 bridgehead atoms. The lowest BCUT2D eigenvalue weighted by Crippen LogP contribution is -2.21. The van der Waals surface area contributed by atoms with Crippen molar-refractivity contribution in [2.75, 3.05) is 11.9 Å². The van der Waals surface area contributed by atoms with E-state index >= 15 is 0 Å². The van der Waals surface area contributed by atoms with E-state index in [0.29, 0.717) is 0 Å². The number of nitrogens with one attached hydrogen (secondary N) is 2. The van der Waals surface area contributed by atoms with Gasteiger partial charge in [-0.3, -0.25) is 4.79 Å². The van der Waals surface area contributed by atoms with Gasteiger partial charge in [-0.25, -0.2) is 4.68 Å². The quantitative estimate of drug-likeness (QED) is 0.786. The van der Waals surface area contributed by atoms with Crippen LogP contribution in [0.4, 0.5) is 5.69 Å². The molecule has 0 aliphatic rings. The van der Waals surface area contributed by atoms with Gasteiger partial charge >= 0.3 is 0 Å². The van der Waals surface area contributed by atoms with Gasteiger partial charge in [-0.1, -0.05) is 25.1 Å². The average molecular weight is 260 g/mol. The molecular weight excluding hydrogens is 244 g/mol. The SMILES string of the molecule is CCNCc1ccccc1NC(=O)Cn1cnnn1. The standard InChI is InChI=1S/C12H16N6O/c1-2-13-7-10-5-3-4-6-11(10)15-12(19)8-18-9-14-16-17-18/h3-6,9,13H,2,7-8H2,1H3,(H,15,19). The molecule has 0 spiro atoms.